The Hall–Kier alpha value is 0.0169. The van der Waals surface area contributed by atoms with Crippen LogP contribution in [0.5, 0.6) is 0 Å². The molecule has 0 atom stereocenters. The molecule has 0 rings (SSSR count). The molecule has 0 N–H and O–H groups in total. The van der Waals surface area contributed by atoms with Crippen molar-refractivity contribution in [1.82, 2.24) is 4.90 Å². The van der Waals surface area contributed by atoms with Crippen molar-refractivity contribution in [3.8, 4) is 0 Å². The maximum atomic E-state index is 5.56. The van der Waals surface area contributed by atoms with Gasteiger partial charge in [-0.25, -0.2) is 0 Å². The van der Waals surface area contributed by atoms with Gasteiger partial charge in [0, 0.05) is 27.4 Å². The Morgan fingerprint density at radius 1 is 0.938 bits per heavy atom. The Balaban J connectivity index is 3.78. The first-order valence-corrected chi connectivity index (χ1v) is 7.56. The molecule has 0 amide bonds. The van der Waals surface area contributed by atoms with Gasteiger partial charge in [-0.15, -0.1) is 0 Å². The van der Waals surface area contributed by atoms with Crippen molar-refractivity contribution >= 4 is 8.80 Å². The molecule has 0 aliphatic heterocycles. The first-order chi connectivity index (χ1) is 7.67. The second-order valence-corrected chi connectivity index (χ2v) is 6.48. The molecule has 0 spiro atoms. The monoisotopic (exact) mass is 251 g/mol. The van der Waals surface area contributed by atoms with Crippen LogP contribution in [0.3, 0.4) is 0 Å². The summed E-state index contributed by atoms with van der Waals surface area (Å²) >= 11 is 0. The lowest BCUT2D eigenvalue weighted by Crippen LogP contribution is -2.44. The molecule has 0 aromatic rings. The van der Waals surface area contributed by atoms with Crippen molar-refractivity contribution in [2.24, 2.45) is 0 Å². The zero-order chi connectivity index (χ0) is 12.4. The highest BCUT2D eigenvalue weighted by Crippen LogP contribution is 2.12. The summed E-state index contributed by atoms with van der Waals surface area (Å²) in [5.74, 6) is 0. The van der Waals surface area contributed by atoms with Crippen LogP contribution >= 0.6 is 0 Å². The van der Waals surface area contributed by atoms with Gasteiger partial charge in [-0.05, 0) is 13.1 Å². The molecule has 16 heavy (non-hydrogen) atoms. The Morgan fingerprint density at radius 3 is 1.81 bits per heavy atom. The van der Waals surface area contributed by atoms with Crippen LogP contribution in [0.15, 0.2) is 0 Å². The fraction of sp³-hybridized carbons (Fsp3) is 1.00. The largest absolute Gasteiger partial charge is 0.502 e. The average molecular weight is 251 g/mol. The summed E-state index contributed by atoms with van der Waals surface area (Å²) in [6, 6.07) is 0.678. The SMILES string of the molecule is CCN(CC)COCC[Si](OC)(OC)OC. The van der Waals surface area contributed by atoms with Crippen LogP contribution in [0.25, 0.3) is 0 Å². The summed E-state index contributed by atoms with van der Waals surface area (Å²) in [7, 11) is 2.39. The molecule has 5 nitrogen and oxygen atoms in total. The minimum atomic E-state index is -2.45. The zero-order valence-corrected chi connectivity index (χ0v) is 12.1. The smallest absolute Gasteiger partial charge is 0.377 e. The predicted molar refractivity (Wildman–Crippen MR) is 65.3 cm³/mol. The van der Waals surface area contributed by atoms with Crippen molar-refractivity contribution in [3.63, 3.8) is 0 Å². The van der Waals surface area contributed by atoms with Gasteiger partial charge in [0.25, 0.3) is 0 Å². The number of rotatable bonds is 10. The minimum absolute atomic E-state index is 0.595. The number of nitrogens with zero attached hydrogens (tertiary/aromatic N) is 1. The van der Waals surface area contributed by atoms with E-state index >= 15 is 0 Å². The van der Waals surface area contributed by atoms with Crippen molar-refractivity contribution in [2.75, 3.05) is 47.8 Å². The first-order valence-electron chi connectivity index (χ1n) is 5.63. The van der Waals surface area contributed by atoms with Crippen LogP contribution in [0, 0.1) is 0 Å². The molecule has 0 saturated carbocycles. The van der Waals surface area contributed by atoms with Gasteiger partial charge in [0.05, 0.1) is 13.3 Å². The molecule has 0 radical (unpaired) electrons. The fourth-order valence-electron chi connectivity index (χ4n) is 1.35. The Kier molecular flexibility index (Phi) is 9.10. The lowest BCUT2D eigenvalue weighted by molar-refractivity contribution is 0.0316. The molecule has 0 fully saturated rings. The minimum Gasteiger partial charge on any atom is -0.377 e. The maximum Gasteiger partial charge on any atom is 0.502 e. The molecule has 0 aromatic heterocycles. The quantitative estimate of drug-likeness (QED) is 0.331. The Labute approximate surface area is 100.0 Å². The third-order valence-corrected chi connectivity index (χ3v) is 5.34. The molecule has 0 bridgehead atoms. The van der Waals surface area contributed by atoms with E-state index in [0.29, 0.717) is 19.4 Å². The van der Waals surface area contributed by atoms with Gasteiger partial charge in [0.2, 0.25) is 0 Å². The molecule has 0 aromatic carbocycles. The van der Waals surface area contributed by atoms with Gasteiger partial charge in [-0.3, -0.25) is 4.90 Å². The number of hydrogen-bond donors (Lipinski definition) is 0. The van der Waals surface area contributed by atoms with Crippen LogP contribution in [-0.4, -0.2) is 61.5 Å². The standard InChI is InChI=1S/C10H25NO4Si/c1-6-11(7-2)10-15-8-9-16(12-3,13-4)14-5/h6-10H2,1-5H3. The highest BCUT2D eigenvalue weighted by atomic mass is 28.4. The normalized spacial score (nSPS) is 12.4. The van der Waals surface area contributed by atoms with E-state index in [1.807, 2.05) is 0 Å². The summed E-state index contributed by atoms with van der Waals surface area (Å²) < 4.78 is 21.4. The van der Waals surface area contributed by atoms with Gasteiger partial charge in [0.15, 0.2) is 0 Å². The Morgan fingerprint density at radius 2 is 1.44 bits per heavy atom. The third kappa shape index (κ3) is 5.38. The van der Waals surface area contributed by atoms with E-state index in [0.717, 1.165) is 13.1 Å². The summed E-state index contributed by atoms with van der Waals surface area (Å²) in [5, 5.41) is 0. The molecule has 0 aliphatic carbocycles. The van der Waals surface area contributed by atoms with E-state index in [-0.39, 0.29) is 0 Å². The van der Waals surface area contributed by atoms with E-state index in [4.69, 9.17) is 18.0 Å². The summed E-state index contributed by atoms with van der Waals surface area (Å²) in [5.41, 5.74) is 0. The zero-order valence-electron chi connectivity index (χ0n) is 11.1. The first kappa shape index (κ1) is 16.0. The van der Waals surface area contributed by atoms with Crippen molar-refractivity contribution in [3.05, 3.63) is 0 Å². The molecule has 0 unspecified atom stereocenters. The van der Waals surface area contributed by atoms with Crippen LogP contribution in [0.1, 0.15) is 13.8 Å². The molecule has 0 aliphatic rings. The van der Waals surface area contributed by atoms with E-state index in [1.165, 1.54) is 0 Å². The Bertz CT molecular complexity index is 155. The topological polar surface area (TPSA) is 40.2 Å². The van der Waals surface area contributed by atoms with E-state index < -0.39 is 8.80 Å². The highest BCUT2D eigenvalue weighted by Gasteiger charge is 2.37. The van der Waals surface area contributed by atoms with Crippen molar-refractivity contribution < 1.29 is 18.0 Å². The summed E-state index contributed by atoms with van der Waals surface area (Å²) in [6.07, 6.45) is 0. The van der Waals surface area contributed by atoms with Gasteiger partial charge in [-0.1, -0.05) is 13.8 Å². The fourth-order valence-corrected chi connectivity index (χ4v) is 2.86. The van der Waals surface area contributed by atoms with Crippen LogP contribution in [-0.2, 0) is 18.0 Å². The number of hydrogen-bond acceptors (Lipinski definition) is 5. The molecular weight excluding hydrogens is 226 g/mol. The maximum absolute atomic E-state index is 5.56. The van der Waals surface area contributed by atoms with Crippen molar-refractivity contribution in [2.45, 2.75) is 19.9 Å². The molecule has 0 heterocycles. The van der Waals surface area contributed by atoms with Gasteiger partial charge >= 0.3 is 8.80 Å². The average Bonchev–Trinajstić information content (AvgIpc) is 2.35. The van der Waals surface area contributed by atoms with Crippen molar-refractivity contribution in [1.29, 1.82) is 0 Å². The van der Waals surface area contributed by atoms with Gasteiger partial charge in [-0.2, -0.15) is 0 Å². The van der Waals surface area contributed by atoms with E-state index in [2.05, 4.69) is 18.7 Å². The van der Waals surface area contributed by atoms with Gasteiger partial charge in [0.1, 0.15) is 0 Å². The predicted octanol–water partition coefficient (Wildman–Crippen LogP) is 1.18. The van der Waals surface area contributed by atoms with E-state index in [9.17, 15) is 0 Å². The lowest BCUT2D eigenvalue weighted by Gasteiger charge is -2.25. The second kappa shape index (κ2) is 9.09. The van der Waals surface area contributed by atoms with Crippen LogP contribution in [0.4, 0.5) is 0 Å². The lowest BCUT2D eigenvalue weighted by atomic mass is 10.6. The highest BCUT2D eigenvalue weighted by molar-refractivity contribution is 6.60. The second-order valence-electron chi connectivity index (χ2n) is 3.39. The van der Waals surface area contributed by atoms with E-state index in [1.54, 1.807) is 21.3 Å². The summed E-state index contributed by atoms with van der Waals surface area (Å²) in [4.78, 5) is 2.20. The molecular formula is C10H25NO4Si. The summed E-state index contributed by atoms with van der Waals surface area (Å²) in [6.45, 7) is 7.47. The van der Waals surface area contributed by atoms with Crippen LogP contribution in [0.2, 0.25) is 6.04 Å². The molecule has 0 saturated heterocycles. The molecule has 98 valence electrons. The number of ether oxygens (including phenoxy) is 1. The third-order valence-electron chi connectivity index (χ3n) is 2.65. The van der Waals surface area contributed by atoms with Crippen LogP contribution < -0.4 is 0 Å². The van der Waals surface area contributed by atoms with Gasteiger partial charge < -0.3 is 18.0 Å². The molecule has 6 heteroatoms.